The number of hydrogen-bond acceptors (Lipinski definition) is 3. The second-order valence-corrected chi connectivity index (χ2v) is 5.39. The molecule has 1 N–H and O–H groups in total. The van der Waals surface area contributed by atoms with Crippen LogP contribution < -0.4 is 14.8 Å². The van der Waals surface area contributed by atoms with Crippen molar-refractivity contribution in [2.75, 3.05) is 6.79 Å². The van der Waals surface area contributed by atoms with Crippen LogP contribution in [0.3, 0.4) is 0 Å². The minimum absolute atomic E-state index is 0.0189. The Balaban J connectivity index is 1.52. The summed E-state index contributed by atoms with van der Waals surface area (Å²) in [7, 11) is 0. The summed E-state index contributed by atoms with van der Waals surface area (Å²) in [6.07, 6.45) is 1.14. The first-order valence-corrected chi connectivity index (χ1v) is 7.45. The summed E-state index contributed by atoms with van der Waals surface area (Å²) in [5, 5.41) is 3.02. The van der Waals surface area contributed by atoms with Gasteiger partial charge in [0.05, 0.1) is 6.04 Å². The molecule has 0 saturated carbocycles. The summed E-state index contributed by atoms with van der Waals surface area (Å²) < 4.78 is 10.6. The average molecular weight is 297 g/mol. The van der Waals surface area contributed by atoms with Crippen LogP contribution in [0.1, 0.15) is 30.5 Å². The zero-order chi connectivity index (χ0) is 15.4. The van der Waals surface area contributed by atoms with Crippen LogP contribution in [0.25, 0.3) is 0 Å². The van der Waals surface area contributed by atoms with Crippen molar-refractivity contribution in [3.05, 3.63) is 59.7 Å². The van der Waals surface area contributed by atoms with Crippen LogP contribution in [-0.4, -0.2) is 12.7 Å². The Morgan fingerprint density at radius 2 is 1.91 bits per heavy atom. The van der Waals surface area contributed by atoms with E-state index in [0.717, 1.165) is 22.6 Å². The second kappa shape index (κ2) is 6.52. The van der Waals surface area contributed by atoms with Crippen molar-refractivity contribution >= 4 is 5.91 Å². The van der Waals surface area contributed by atoms with E-state index in [1.54, 1.807) is 0 Å². The van der Waals surface area contributed by atoms with Crippen LogP contribution >= 0.6 is 0 Å². The van der Waals surface area contributed by atoms with E-state index >= 15 is 0 Å². The van der Waals surface area contributed by atoms with Crippen LogP contribution in [-0.2, 0) is 11.2 Å². The van der Waals surface area contributed by atoms with Crippen molar-refractivity contribution < 1.29 is 14.3 Å². The third-order valence-corrected chi connectivity index (χ3v) is 3.75. The number of fused-ring (bicyclic) bond motifs is 1. The predicted octanol–water partition coefficient (Wildman–Crippen LogP) is 3.23. The molecule has 0 fully saturated rings. The molecule has 0 radical (unpaired) electrons. The Morgan fingerprint density at radius 3 is 2.73 bits per heavy atom. The summed E-state index contributed by atoms with van der Waals surface area (Å²) >= 11 is 0. The maximum atomic E-state index is 12.1. The van der Waals surface area contributed by atoms with Gasteiger partial charge in [-0.25, -0.2) is 0 Å². The number of hydrogen-bond donors (Lipinski definition) is 1. The quantitative estimate of drug-likeness (QED) is 0.921. The van der Waals surface area contributed by atoms with Gasteiger partial charge < -0.3 is 14.8 Å². The fourth-order valence-electron chi connectivity index (χ4n) is 2.49. The molecule has 4 nitrogen and oxygen atoms in total. The second-order valence-electron chi connectivity index (χ2n) is 5.39. The highest BCUT2D eigenvalue weighted by Gasteiger charge is 2.14. The average Bonchev–Trinajstić information content (AvgIpc) is 3.01. The van der Waals surface area contributed by atoms with Crippen molar-refractivity contribution in [3.63, 3.8) is 0 Å². The number of benzene rings is 2. The molecule has 22 heavy (non-hydrogen) atoms. The van der Waals surface area contributed by atoms with Gasteiger partial charge in [-0.05, 0) is 36.6 Å². The first-order valence-electron chi connectivity index (χ1n) is 7.45. The molecule has 0 bridgehead atoms. The molecule has 1 amide bonds. The SMILES string of the molecule is C[C@@H](NC(=O)CCc1ccc2c(c1)OCO2)c1ccccc1. The molecule has 2 aromatic carbocycles. The summed E-state index contributed by atoms with van der Waals surface area (Å²) in [4.78, 5) is 12.1. The van der Waals surface area contributed by atoms with Gasteiger partial charge in [-0.3, -0.25) is 4.79 Å². The van der Waals surface area contributed by atoms with E-state index in [9.17, 15) is 4.79 Å². The molecule has 0 spiro atoms. The molecule has 2 aromatic rings. The molecule has 0 aliphatic carbocycles. The normalized spacial score (nSPS) is 13.7. The lowest BCUT2D eigenvalue weighted by Crippen LogP contribution is -2.26. The Kier molecular flexibility index (Phi) is 4.28. The van der Waals surface area contributed by atoms with Gasteiger partial charge in [0.1, 0.15) is 0 Å². The summed E-state index contributed by atoms with van der Waals surface area (Å²) in [5.74, 6) is 1.58. The number of amides is 1. The first-order chi connectivity index (χ1) is 10.7. The summed E-state index contributed by atoms with van der Waals surface area (Å²) in [6.45, 7) is 2.27. The number of carbonyl (C=O) groups excluding carboxylic acids is 1. The van der Waals surface area contributed by atoms with E-state index in [4.69, 9.17) is 9.47 Å². The Bertz CT molecular complexity index is 655. The Labute approximate surface area is 130 Å². The van der Waals surface area contributed by atoms with Gasteiger partial charge in [-0.15, -0.1) is 0 Å². The summed E-state index contributed by atoms with van der Waals surface area (Å²) in [5.41, 5.74) is 2.19. The molecule has 0 saturated heterocycles. The number of rotatable bonds is 5. The van der Waals surface area contributed by atoms with Gasteiger partial charge in [-0.2, -0.15) is 0 Å². The van der Waals surface area contributed by atoms with Gasteiger partial charge in [0.25, 0.3) is 0 Å². The zero-order valence-corrected chi connectivity index (χ0v) is 12.5. The molecule has 1 aliphatic rings. The largest absolute Gasteiger partial charge is 0.454 e. The Hall–Kier alpha value is -2.49. The van der Waals surface area contributed by atoms with Crippen LogP contribution in [0.4, 0.5) is 0 Å². The van der Waals surface area contributed by atoms with E-state index in [1.807, 2.05) is 55.5 Å². The van der Waals surface area contributed by atoms with Crippen molar-refractivity contribution in [2.24, 2.45) is 0 Å². The van der Waals surface area contributed by atoms with E-state index in [0.29, 0.717) is 12.8 Å². The van der Waals surface area contributed by atoms with Crippen molar-refractivity contribution in [1.82, 2.24) is 5.32 Å². The highest BCUT2D eigenvalue weighted by Crippen LogP contribution is 2.32. The predicted molar refractivity (Wildman–Crippen MR) is 83.9 cm³/mol. The minimum atomic E-state index is 0.0189. The molecule has 4 heteroatoms. The van der Waals surface area contributed by atoms with Crippen LogP contribution in [0.2, 0.25) is 0 Å². The van der Waals surface area contributed by atoms with Crippen LogP contribution in [0.5, 0.6) is 11.5 Å². The highest BCUT2D eigenvalue weighted by molar-refractivity contribution is 5.76. The molecule has 114 valence electrons. The topological polar surface area (TPSA) is 47.6 Å². The lowest BCUT2D eigenvalue weighted by atomic mass is 10.1. The Morgan fingerprint density at radius 1 is 1.14 bits per heavy atom. The number of aryl methyl sites for hydroxylation is 1. The third kappa shape index (κ3) is 3.39. The van der Waals surface area contributed by atoms with E-state index in [-0.39, 0.29) is 18.7 Å². The fourth-order valence-corrected chi connectivity index (χ4v) is 2.49. The van der Waals surface area contributed by atoms with Gasteiger partial charge in [0.2, 0.25) is 12.7 Å². The fraction of sp³-hybridized carbons (Fsp3) is 0.278. The smallest absolute Gasteiger partial charge is 0.231 e. The monoisotopic (exact) mass is 297 g/mol. The molecular weight excluding hydrogens is 278 g/mol. The zero-order valence-electron chi connectivity index (χ0n) is 12.5. The van der Waals surface area contributed by atoms with Gasteiger partial charge in [-0.1, -0.05) is 36.4 Å². The lowest BCUT2D eigenvalue weighted by molar-refractivity contribution is -0.121. The number of ether oxygens (including phenoxy) is 2. The number of carbonyl (C=O) groups is 1. The molecule has 1 atom stereocenters. The minimum Gasteiger partial charge on any atom is -0.454 e. The van der Waals surface area contributed by atoms with Crippen molar-refractivity contribution in [2.45, 2.75) is 25.8 Å². The van der Waals surface area contributed by atoms with Crippen molar-refractivity contribution in [3.8, 4) is 11.5 Å². The number of nitrogens with one attached hydrogen (secondary N) is 1. The van der Waals surface area contributed by atoms with E-state index < -0.39 is 0 Å². The highest BCUT2D eigenvalue weighted by atomic mass is 16.7. The molecule has 3 rings (SSSR count). The lowest BCUT2D eigenvalue weighted by Gasteiger charge is -2.14. The maximum Gasteiger partial charge on any atom is 0.231 e. The maximum absolute atomic E-state index is 12.1. The van der Waals surface area contributed by atoms with Gasteiger partial charge in [0, 0.05) is 6.42 Å². The van der Waals surface area contributed by atoms with Gasteiger partial charge in [0.15, 0.2) is 11.5 Å². The first kappa shape index (κ1) is 14.4. The van der Waals surface area contributed by atoms with Crippen molar-refractivity contribution in [1.29, 1.82) is 0 Å². The van der Waals surface area contributed by atoms with Crippen LogP contribution in [0, 0.1) is 0 Å². The molecular formula is C18H19NO3. The third-order valence-electron chi connectivity index (χ3n) is 3.75. The summed E-state index contributed by atoms with van der Waals surface area (Å²) in [6, 6.07) is 15.8. The molecule has 1 aliphatic heterocycles. The molecule has 1 heterocycles. The van der Waals surface area contributed by atoms with Gasteiger partial charge >= 0.3 is 0 Å². The van der Waals surface area contributed by atoms with E-state index in [1.165, 1.54) is 0 Å². The molecule has 0 aromatic heterocycles. The molecule has 0 unspecified atom stereocenters. The standard InChI is InChI=1S/C18H19NO3/c1-13(15-5-3-2-4-6-15)19-18(20)10-8-14-7-9-16-17(11-14)22-12-21-16/h2-7,9,11,13H,8,10,12H2,1H3,(H,19,20)/t13-/m1/s1. The van der Waals surface area contributed by atoms with Crippen LogP contribution in [0.15, 0.2) is 48.5 Å². The van der Waals surface area contributed by atoms with E-state index in [2.05, 4.69) is 5.32 Å².